The summed E-state index contributed by atoms with van der Waals surface area (Å²) >= 11 is 0. The Morgan fingerprint density at radius 1 is 1.07 bits per heavy atom. The molecule has 3 heterocycles. The molecule has 1 aromatic carbocycles. The maximum atomic E-state index is 12.9. The largest absolute Gasteiger partial charge is 0.343 e. The van der Waals surface area contributed by atoms with Gasteiger partial charge in [0.25, 0.3) is 5.91 Å². The van der Waals surface area contributed by atoms with Crippen molar-refractivity contribution < 1.29 is 4.79 Å². The maximum Gasteiger partial charge on any atom is 0.270 e. The van der Waals surface area contributed by atoms with Gasteiger partial charge in [-0.25, -0.2) is 4.68 Å². The standard InChI is InChI=1S/C20H20N6O/c1-14(2)16-12-17(26(24-16)15-8-4-3-5-9-15)20(27)21-13-19-23-22-18-10-6-7-11-25(18)19/h3-12,14H,13H2,1-2H3,(H,21,27). The molecule has 7 heteroatoms. The van der Waals surface area contributed by atoms with E-state index in [1.807, 2.05) is 65.2 Å². The number of carbonyl (C=O) groups is 1. The Hall–Kier alpha value is -3.48. The summed E-state index contributed by atoms with van der Waals surface area (Å²) in [6, 6.07) is 17.2. The molecule has 4 rings (SSSR count). The monoisotopic (exact) mass is 360 g/mol. The Morgan fingerprint density at radius 3 is 2.63 bits per heavy atom. The van der Waals surface area contributed by atoms with Gasteiger partial charge in [-0.3, -0.25) is 9.20 Å². The molecular formula is C20H20N6O. The van der Waals surface area contributed by atoms with Crippen LogP contribution in [0.15, 0.2) is 60.8 Å². The highest BCUT2D eigenvalue weighted by molar-refractivity contribution is 5.93. The summed E-state index contributed by atoms with van der Waals surface area (Å²) in [5.74, 6) is 0.696. The zero-order chi connectivity index (χ0) is 18.8. The predicted octanol–water partition coefficient (Wildman–Crippen LogP) is 2.97. The molecule has 0 fully saturated rings. The molecule has 0 saturated carbocycles. The number of nitrogens with one attached hydrogen (secondary N) is 1. The molecule has 7 nitrogen and oxygen atoms in total. The number of amides is 1. The molecule has 1 N–H and O–H groups in total. The van der Waals surface area contributed by atoms with E-state index < -0.39 is 0 Å². The number of carbonyl (C=O) groups excluding carboxylic acids is 1. The fourth-order valence-electron chi connectivity index (χ4n) is 2.87. The number of nitrogens with zero attached hydrogens (tertiary/aromatic N) is 5. The van der Waals surface area contributed by atoms with E-state index in [9.17, 15) is 4.79 Å². The van der Waals surface area contributed by atoms with E-state index in [1.165, 1.54) is 0 Å². The quantitative estimate of drug-likeness (QED) is 0.594. The third-order valence-electron chi connectivity index (χ3n) is 4.34. The predicted molar refractivity (Wildman–Crippen MR) is 102 cm³/mol. The lowest BCUT2D eigenvalue weighted by Crippen LogP contribution is -2.26. The van der Waals surface area contributed by atoms with Crippen LogP contribution < -0.4 is 5.32 Å². The van der Waals surface area contributed by atoms with E-state index in [-0.39, 0.29) is 18.4 Å². The van der Waals surface area contributed by atoms with Gasteiger partial charge in [0.15, 0.2) is 11.5 Å². The second-order valence-corrected chi connectivity index (χ2v) is 6.58. The molecule has 0 unspecified atom stereocenters. The van der Waals surface area contributed by atoms with E-state index in [0.717, 1.165) is 17.0 Å². The zero-order valence-corrected chi connectivity index (χ0v) is 15.2. The minimum atomic E-state index is -0.203. The van der Waals surface area contributed by atoms with E-state index in [2.05, 4.69) is 34.5 Å². The van der Waals surface area contributed by atoms with E-state index in [1.54, 1.807) is 4.68 Å². The molecule has 0 radical (unpaired) electrons. The second kappa shape index (κ2) is 7.03. The summed E-state index contributed by atoms with van der Waals surface area (Å²) < 4.78 is 3.54. The molecule has 0 saturated heterocycles. The highest BCUT2D eigenvalue weighted by Crippen LogP contribution is 2.18. The summed E-state index contributed by atoms with van der Waals surface area (Å²) in [6.45, 7) is 4.39. The lowest BCUT2D eigenvalue weighted by atomic mass is 10.1. The normalized spacial score (nSPS) is 11.2. The van der Waals surface area contributed by atoms with E-state index in [0.29, 0.717) is 11.5 Å². The fraction of sp³-hybridized carbons (Fsp3) is 0.200. The SMILES string of the molecule is CC(C)c1cc(C(=O)NCc2nnc3ccccn23)n(-c2ccccc2)n1. The molecule has 0 aliphatic heterocycles. The topological polar surface area (TPSA) is 77.1 Å². The van der Waals surface area contributed by atoms with Crippen LogP contribution in [0.5, 0.6) is 0 Å². The van der Waals surface area contributed by atoms with Crippen molar-refractivity contribution >= 4 is 11.6 Å². The number of hydrogen-bond donors (Lipinski definition) is 1. The number of hydrogen-bond acceptors (Lipinski definition) is 4. The average Bonchev–Trinajstić information content (AvgIpc) is 3.32. The Balaban J connectivity index is 1.61. The number of rotatable bonds is 5. The maximum absolute atomic E-state index is 12.9. The minimum Gasteiger partial charge on any atom is -0.343 e. The molecule has 136 valence electrons. The molecule has 4 aromatic rings. The van der Waals surface area contributed by atoms with Gasteiger partial charge in [0.1, 0.15) is 5.69 Å². The summed E-state index contributed by atoms with van der Waals surface area (Å²) in [6.07, 6.45) is 1.88. The average molecular weight is 360 g/mol. The van der Waals surface area contributed by atoms with Crippen LogP contribution in [0.4, 0.5) is 0 Å². The van der Waals surface area contributed by atoms with Crippen molar-refractivity contribution in [2.24, 2.45) is 0 Å². The van der Waals surface area contributed by atoms with Gasteiger partial charge in [0.05, 0.1) is 17.9 Å². The van der Waals surface area contributed by atoms with Crippen LogP contribution in [0.1, 0.15) is 41.8 Å². The third-order valence-corrected chi connectivity index (χ3v) is 4.34. The lowest BCUT2D eigenvalue weighted by Gasteiger charge is -2.08. The number of fused-ring (bicyclic) bond motifs is 1. The molecule has 3 aromatic heterocycles. The fourth-order valence-corrected chi connectivity index (χ4v) is 2.87. The lowest BCUT2D eigenvalue weighted by molar-refractivity contribution is 0.0942. The summed E-state index contributed by atoms with van der Waals surface area (Å²) in [5, 5.41) is 15.8. The first-order chi connectivity index (χ1) is 13.1. The highest BCUT2D eigenvalue weighted by atomic mass is 16.2. The third kappa shape index (κ3) is 3.31. The highest BCUT2D eigenvalue weighted by Gasteiger charge is 2.18. The van der Waals surface area contributed by atoms with Crippen LogP contribution in [0.3, 0.4) is 0 Å². The van der Waals surface area contributed by atoms with Crippen LogP contribution in [0, 0.1) is 0 Å². The molecular weight excluding hydrogens is 340 g/mol. The number of pyridine rings is 1. The Labute approximate surface area is 156 Å². The molecule has 0 atom stereocenters. The van der Waals surface area contributed by atoms with Crippen molar-refractivity contribution in [1.29, 1.82) is 0 Å². The molecule has 1 amide bonds. The molecule has 0 spiro atoms. The van der Waals surface area contributed by atoms with Crippen LogP contribution in [0.2, 0.25) is 0 Å². The van der Waals surface area contributed by atoms with Gasteiger partial charge in [-0.2, -0.15) is 5.10 Å². The van der Waals surface area contributed by atoms with Gasteiger partial charge in [0.2, 0.25) is 0 Å². The summed E-state index contributed by atoms with van der Waals surface area (Å²) in [4.78, 5) is 12.9. The van der Waals surface area contributed by atoms with Crippen LogP contribution in [-0.2, 0) is 6.54 Å². The Kier molecular flexibility index (Phi) is 4.42. The van der Waals surface area contributed by atoms with Gasteiger partial charge in [0, 0.05) is 6.20 Å². The van der Waals surface area contributed by atoms with E-state index in [4.69, 9.17) is 0 Å². The number of aromatic nitrogens is 5. The van der Waals surface area contributed by atoms with Gasteiger partial charge >= 0.3 is 0 Å². The molecule has 0 aliphatic rings. The molecule has 0 aliphatic carbocycles. The van der Waals surface area contributed by atoms with Crippen LogP contribution in [0.25, 0.3) is 11.3 Å². The first kappa shape index (κ1) is 17.0. The van der Waals surface area contributed by atoms with Gasteiger partial charge in [-0.15, -0.1) is 10.2 Å². The van der Waals surface area contributed by atoms with Crippen molar-refractivity contribution in [1.82, 2.24) is 29.7 Å². The van der Waals surface area contributed by atoms with Crippen LogP contribution >= 0.6 is 0 Å². The van der Waals surface area contributed by atoms with Gasteiger partial charge < -0.3 is 5.32 Å². The van der Waals surface area contributed by atoms with Gasteiger partial charge in [-0.1, -0.05) is 38.1 Å². The molecule has 27 heavy (non-hydrogen) atoms. The van der Waals surface area contributed by atoms with Crippen molar-refractivity contribution in [2.45, 2.75) is 26.3 Å². The Morgan fingerprint density at radius 2 is 1.85 bits per heavy atom. The number of benzene rings is 1. The number of para-hydroxylation sites is 1. The van der Waals surface area contributed by atoms with Crippen LogP contribution in [-0.4, -0.2) is 30.3 Å². The van der Waals surface area contributed by atoms with Crippen molar-refractivity contribution in [3.05, 3.63) is 78.0 Å². The van der Waals surface area contributed by atoms with E-state index >= 15 is 0 Å². The summed E-state index contributed by atoms with van der Waals surface area (Å²) in [7, 11) is 0. The van der Waals surface area contributed by atoms with Gasteiger partial charge in [-0.05, 0) is 36.2 Å². The first-order valence-corrected chi connectivity index (χ1v) is 8.85. The van der Waals surface area contributed by atoms with Crippen molar-refractivity contribution in [2.75, 3.05) is 0 Å². The summed E-state index contributed by atoms with van der Waals surface area (Å²) in [5.41, 5.74) is 2.97. The molecule has 0 bridgehead atoms. The van der Waals surface area contributed by atoms with Crippen molar-refractivity contribution in [3.8, 4) is 5.69 Å². The van der Waals surface area contributed by atoms with Crippen molar-refractivity contribution in [3.63, 3.8) is 0 Å². The minimum absolute atomic E-state index is 0.203. The first-order valence-electron chi connectivity index (χ1n) is 8.85. The smallest absolute Gasteiger partial charge is 0.270 e. The zero-order valence-electron chi connectivity index (χ0n) is 15.2. The Bertz CT molecular complexity index is 1080. The second-order valence-electron chi connectivity index (χ2n) is 6.58.